The Kier molecular flexibility index (Phi) is 6.66. The molecule has 1 aliphatic heterocycles. The molecule has 4 rings (SSSR count). The number of carbonyl (C=O) groups is 1. The Labute approximate surface area is 185 Å². The van der Waals surface area contributed by atoms with E-state index < -0.39 is 11.6 Å². The van der Waals surface area contributed by atoms with Crippen LogP contribution in [0.2, 0.25) is 0 Å². The van der Waals surface area contributed by atoms with Crippen LogP contribution in [-0.2, 0) is 0 Å². The number of carbonyl (C=O) groups excluding carboxylic acids is 1. The quantitative estimate of drug-likeness (QED) is 0.532. The molecule has 2 amide bonds. The standard InChI is InChI=1S/C25H25F2N3O2/c1-32-22-4-2-3-21(14-22)29-25(31)30-24-15-28-10-9-23(24)17-7-5-16(6-8-17)18-11-19(26)13-20(27)12-18/h2-8,11-14,23-24,28H,9-10,15H2,1H3,(H2,29,30,31)/t23-,24+/m1/s1. The Bertz CT molecular complexity index is 1070. The van der Waals surface area contributed by atoms with Gasteiger partial charge >= 0.3 is 6.03 Å². The SMILES string of the molecule is COc1cccc(NC(=O)N[C@H]2CNCC[C@@H]2c2ccc(-c3cc(F)cc(F)c3)cc2)c1. The summed E-state index contributed by atoms with van der Waals surface area (Å²) in [6.07, 6.45) is 0.859. The summed E-state index contributed by atoms with van der Waals surface area (Å²) in [7, 11) is 1.58. The average molecular weight is 437 g/mol. The Balaban J connectivity index is 1.46. The summed E-state index contributed by atoms with van der Waals surface area (Å²) in [4.78, 5) is 12.6. The van der Waals surface area contributed by atoms with Gasteiger partial charge in [0.05, 0.1) is 7.11 Å². The predicted octanol–water partition coefficient (Wildman–Crippen LogP) is 4.91. The van der Waals surface area contributed by atoms with E-state index in [2.05, 4.69) is 16.0 Å². The molecule has 5 nitrogen and oxygen atoms in total. The molecule has 0 aromatic heterocycles. The predicted molar refractivity (Wildman–Crippen MR) is 121 cm³/mol. The van der Waals surface area contributed by atoms with Gasteiger partial charge in [-0.25, -0.2) is 13.6 Å². The molecule has 1 fully saturated rings. The van der Waals surface area contributed by atoms with Gasteiger partial charge < -0.3 is 20.7 Å². The third-order valence-corrected chi connectivity index (χ3v) is 5.66. The molecule has 3 aromatic rings. The summed E-state index contributed by atoms with van der Waals surface area (Å²) in [5.41, 5.74) is 2.95. The molecule has 1 heterocycles. The minimum absolute atomic E-state index is 0.105. The number of anilines is 1. The second-order valence-electron chi connectivity index (χ2n) is 7.82. The van der Waals surface area contributed by atoms with Crippen LogP contribution in [0.1, 0.15) is 17.9 Å². The number of methoxy groups -OCH3 is 1. The number of piperidine rings is 1. The number of rotatable bonds is 5. The summed E-state index contributed by atoms with van der Waals surface area (Å²) in [5, 5.41) is 9.24. The van der Waals surface area contributed by atoms with Gasteiger partial charge in [-0.3, -0.25) is 0 Å². The highest BCUT2D eigenvalue weighted by Crippen LogP contribution is 2.29. The molecule has 166 valence electrons. The van der Waals surface area contributed by atoms with Crippen LogP contribution in [0.4, 0.5) is 19.3 Å². The van der Waals surface area contributed by atoms with Crippen LogP contribution in [0.25, 0.3) is 11.1 Å². The van der Waals surface area contributed by atoms with E-state index in [0.29, 0.717) is 23.5 Å². The van der Waals surface area contributed by atoms with Gasteiger partial charge in [-0.1, -0.05) is 30.3 Å². The van der Waals surface area contributed by atoms with Crippen molar-refractivity contribution in [3.05, 3.63) is 83.9 Å². The highest BCUT2D eigenvalue weighted by Gasteiger charge is 2.27. The first-order chi connectivity index (χ1) is 15.5. The molecule has 0 saturated carbocycles. The van der Waals surface area contributed by atoms with Crippen molar-refractivity contribution in [1.82, 2.24) is 10.6 Å². The normalized spacial score (nSPS) is 18.1. The van der Waals surface area contributed by atoms with Gasteiger partial charge in [-0.2, -0.15) is 0 Å². The highest BCUT2D eigenvalue weighted by molar-refractivity contribution is 5.89. The summed E-state index contributed by atoms with van der Waals surface area (Å²) in [6.45, 7) is 1.49. The van der Waals surface area contributed by atoms with E-state index in [1.54, 1.807) is 19.2 Å². The lowest BCUT2D eigenvalue weighted by atomic mass is 9.85. The largest absolute Gasteiger partial charge is 0.497 e. The van der Waals surface area contributed by atoms with Gasteiger partial charge in [0.25, 0.3) is 0 Å². The fourth-order valence-electron chi connectivity index (χ4n) is 4.09. The van der Waals surface area contributed by atoms with Gasteiger partial charge in [0.2, 0.25) is 0 Å². The lowest BCUT2D eigenvalue weighted by Crippen LogP contribution is -2.51. The molecule has 0 bridgehead atoms. The van der Waals surface area contributed by atoms with Crippen LogP contribution in [0.15, 0.2) is 66.7 Å². The van der Waals surface area contributed by atoms with Crippen LogP contribution in [-0.4, -0.2) is 32.3 Å². The first-order valence-corrected chi connectivity index (χ1v) is 10.5. The average Bonchev–Trinajstić information content (AvgIpc) is 2.79. The maximum atomic E-state index is 13.6. The number of halogens is 2. The van der Waals surface area contributed by atoms with Gasteiger partial charge in [0, 0.05) is 36.3 Å². The fourth-order valence-corrected chi connectivity index (χ4v) is 4.09. The minimum atomic E-state index is -0.603. The molecular formula is C25H25F2N3O2. The highest BCUT2D eigenvalue weighted by atomic mass is 19.1. The van der Waals surface area contributed by atoms with E-state index in [4.69, 9.17) is 4.74 Å². The molecule has 1 aliphatic rings. The van der Waals surface area contributed by atoms with E-state index in [-0.39, 0.29) is 18.0 Å². The van der Waals surface area contributed by atoms with Crippen molar-refractivity contribution >= 4 is 11.7 Å². The summed E-state index contributed by atoms with van der Waals surface area (Å²) < 4.78 is 32.3. The summed E-state index contributed by atoms with van der Waals surface area (Å²) in [6, 6.07) is 17.9. The third-order valence-electron chi connectivity index (χ3n) is 5.66. The number of hydrogen-bond acceptors (Lipinski definition) is 3. The molecular weight excluding hydrogens is 412 g/mol. The second kappa shape index (κ2) is 9.78. The number of ether oxygens (including phenoxy) is 1. The maximum absolute atomic E-state index is 13.6. The van der Waals surface area contributed by atoms with E-state index in [9.17, 15) is 13.6 Å². The van der Waals surface area contributed by atoms with Crippen molar-refractivity contribution in [2.75, 3.05) is 25.5 Å². The maximum Gasteiger partial charge on any atom is 0.319 e. The van der Waals surface area contributed by atoms with Gasteiger partial charge in [0.1, 0.15) is 17.4 Å². The third kappa shape index (κ3) is 5.23. The van der Waals surface area contributed by atoms with Crippen LogP contribution >= 0.6 is 0 Å². The van der Waals surface area contributed by atoms with Crippen LogP contribution in [0.3, 0.4) is 0 Å². The Hall–Kier alpha value is -3.45. The second-order valence-corrected chi connectivity index (χ2v) is 7.82. The number of benzene rings is 3. The molecule has 0 radical (unpaired) electrons. The number of urea groups is 1. The molecule has 3 aromatic carbocycles. The van der Waals surface area contributed by atoms with Gasteiger partial charge in [0.15, 0.2) is 0 Å². The zero-order chi connectivity index (χ0) is 22.5. The van der Waals surface area contributed by atoms with Crippen LogP contribution in [0.5, 0.6) is 5.75 Å². The van der Waals surface area contributed by atoms with Crippen molar-refractivity contribution in [3.8, 4) is 16.9 Å². The van der Waals surface area contributed by atoms with Crippen LogP contribution < -0.4 is 20.7 Å². The van der Waals surface area contributed by atoms with E-state index in [1.807, 2.05) is 36.4 Å². The molecule has 7 heteroatoms. The van der Waals surface area contributed by atoms with E-state index >= 15 is 0 Å². The molecule has 2 atom stereocenters. The van der Waals surface area contributed by atoms with Crippen LogP contribution in [0, 0.1) is 11.6 Å². The van der Waals surface area contributed by atoms with E-state index in [0.717, 1.165) is 30.2 Å². The Morgan fingerprint density at radius 1 is 1.00 bits per heavy atom. The zero-order valence-electron chi connectivity index (χ0n) is 17.7. The molecule has 1 saturated heterocycles. The molecule has 0 spiro atoms. The zero-order valence-corrected chi connectivity index (χ0v) is 17.7. The summed E-state index contributed by atoms with van der Waals surface area (Å²) >= 11 is 0. The number of nitrogens with one attached hydrogen (secondary N) is 3. The first-order valence-electron chi connectivity index (χ1n) is 10.5. The van der Waals surface area contributed by atoms with E-state index in [1.165, 1.54) is 12.1 Å². The van der Waals surface area contributed by atoms with Crippen molar-refractivity contribution in [2.45, 2.75) is 18.4 Å². The summed E-state index contributed by atoms with van der Waals surface area (Å²) in [5.74, 6) is -0.425. The monoisotopic (exact) mass is 437 g/mol. The van der Waals surface area contributed by atoms with Crippen molar-refractivity contribution in [3.63, 3.8) is 0 Å². The Morgan fingerprint density at radius 3 is 2.47 bits per heavy atom. The molecule has 32 heavy (non-hydrogen) atoms. The minimum Gasteiger partial charge on any atom is -0.497 e. The topological polar surface area (TPSA) is 62.4 Å². The Morgan fingerprint density at radius 2 is 1.75 bits per heavy atom. The van der Waals surface area contributed by atoms with Gasteiger partial charge in [-0.05, 0) is 53.9 Å². The molecule has 3 N–H and O–H groups in total. The fraction of sp³-hybridized carbons (Fsp3) is 0.240. The van der Waals surface area contributed by atoms with Crippen molar-refractivity contribution < 1.29 is 18.3 Å². The molecule has 0 aliphatic carbocycles. The van der Waals surface area contributed by atoms with Crippen molar-refractivity contribution in [2.24, 2.45) is 0 Å². The molecule has 0 unspecified atom stereocenters. The smallest absolute Gasteiger partial charge is 0.319 e. The lowest BCUT2D eigenvalue weighted by Gasteiger charge is -2.33. The number of hydrogen-bond donors (Lipinski definition) is 3. The van der Waals surface area contributed by atoms with Gasteiger partial charge in [-0.15, -0.1) is 0 Å². The van der Waals surface area contributed by atoms with Crippen molar-refractivity contribution in [1.29, 1.82) is 0 Å². The number of amides is 2. The lowest BCUT2D eigenvalue weighted by molar-refractivity contribution is 0.242. The first kappa shape index (κ1) is 21.8.